The summed E-state index contributed by atoms with van der Waals surface area (Å²) in [6.07, 6.45) is 0.992. The number of carbonyl (C=O) groups is 1. The summed E-state index contributed by atoms with van der Waals surface area (Å²) in [7, 11) is 1.88. The van der Waals surface area contributed by atoms with Gasteiger partial charge in [-0.2, -0.15) is 0 Å². The zero-order valence-corrected chi connectivity index (χ0v) is 11.8. The average molecular weight is 262 g/mol. The van der Waals surface area contributed by atoms with Crippen LogP contribution in [0.3, 0.4) is 0 Å². The van der Waals surface area contributed by atoms with Crippen molar-refractivity contribution < 1.29 is 9.90 Å². The minimum Gasteiger partial charge on any atom is -0.394 e. The molecule has 1 N–H and O–H groups in total. The van der Waals surface area contributed by atoms with Crippen molar-refractivity contribution in [1.82, 2.24) is 4.90 Å². The summed E-state index contributed by atoms with van der Waals surface area (Å²) >= 11 is 0. The molecule has 2 rings (SSSR count). The van der Waals surface area contributed by atoms with E-state index in [1.807, 2.05) is 31.0 Å². The molecule has 19 heavy (non-hydrogen) atoms. The van der Waals surface area contributed by atoms with Crippen LogP contribution in [0.5, 0.6) is 0 Å². The number of hydrogen-bond donors (Lipinski definition) is 1. The van der Waals surface area contributed by atoms with Crippen LogP contribution in [0.15, 0.2) is 24.3 Å². The third-order valence-corrected chi connectivity index (χ3v) is 3.84. The van der Waals surface area contributed by atoms with Crippen molar-refractivity contribution in [3.8, 4) is 0 Å². The van der Waals surface area contributed by atoms with E-state index in [1.54, 1.807) is 4.90 Å². The molecule has 1 aliphatic rings. The van der Waals surface area contributed by atoms with Crippen LogP contribution in [-0.2, 0) is 11.2 Å². The number of carbonyl (C=O) groups excluding carboxylic acids is 1. The number of anilines is 1. The van der Waals surface area contributed by atoms with Gasteiger partial charge in [-0.1, -0.05) is 19.1 Å². The number of hydrogen-bond acceptors (Lipinski definition) is 3. The van der Waals surface area contributed by atoms with Gasteiger partial charge < -0.3 is 10.0 Å². The molecule has 4 heteroatoms. The number of amides is 1. The number of likely N-dealkylation sites (N-methyl/N-ethyl adjacent to an activating group) is 1. The first-order chi connectivity index (χ1) is 9.08. The Morgan fingerprint density at radius 2 is 1.95 bits per heavy atom. The molecule has 0 radical (unpaired) electrons. The van der Waals surface area contributed by atoms with E-state index in [1.165, 1.54) is 5.56 Å². The first-order valence-electron chi connectivity index (χ1n) is 6.81. The van der Waals surface area contributed by atoms with E-state index in [-0.39, 0.29) is 18.6 Å². The lowest BCUT2D eigenvalue weighted by Crippen LogP contribution is -2.61. The number of aliphatic hydroxyl groups excluding tert-OH is 1. The fraction of sp³-hybridized carbons (Fsp3) is 0.533. The lowest BCUT2D eigenvalue weighted by atomic mass is 10.1. The lowest BCUT2D eigenvalue weighted by Gasteiger charge is -2.42. The minimum absolute atomic E-state index is 0.0204. The van der Waals surface area contributed by atoms with Crippen LogP contribution >= 0.6 is 0 Å². The Morgan fingerprint density at radius 3 is 2.47 bits per heavy atom. The van der Waals surface area contributed by atoms with Crippen LogP contribution in [0.4, 0.5) is 5.69 Å². The second-order valence-corrected chi connectivity index (χ2v) is 5.22. The normalized spacial score (nSPS) is 24.8. The topological polar surface area (TPSA) is 43.8 Å². The third-order valence-electron chi connectivity index (χ3n) is 3.84. The Balaban J connectivity index is 2.28. The maximum Gasteiger partial charge on any atom is 0.247 e. The number of rotatable bonds is 3. The van der Waals surface area contributed by atoms with Gasteiger partial charge in [-0.15, -0.1) is 0 Å². The summed E-state index contributed by atoms with van der Waals surface area (Å²) in [5, 5.41) is 9.38. The minimum atomic E-state index is -0.429. The van der Waals surface area contributed by atoms with Gasteiger partial charge in [-0.05, 0) is 38.1 Å². The van der Waals surface area contributed by atoms with Crippen molar-refractivity contribution in [2.45, 2.75) is 32.4 Å². The summed E-state index contributed by atoms with van der Waals surface area (Å²) in [6, 6.07) is 7.79. The standard InChI is InChI=1S/C15H22N2O2/c1-4-12-5-7-13(8-6-12)17-11(2)9-16(3)14(10-18)15(17)19/h5-8,11,14,18H,4,9-10H2,1-3H3. The fourth-order valence-electron chi connectivity index (χ4n) is 2.68. The summed E-state index contributed by atoms with van der Waals surface area (Å²) in [5.41, 5.74) is 2.18. The molecule has 1 heterocycles. The molecular formula is C15H22N2O2. The predicted octanol–water partition coefficient (Wildman–Crippen LogP) is 1.28. The van der Waals surface area contributed by atoms with Crippen molar-refractivity contribution in [1.29, 1.82) is 0 Å². The van der Waals surface area contributed by atoms with Crippen LogP contribution in [0.1, 0.15) is 19.4 Å². The zero-order valence-electron chi connectivity index (χ0n) is 11.8. The van der Waals surface area contributed by atoms with Gasteiger partial charge >= 0.3 is 0 Å². The monoisotopic (exact) mass is 262 g/mol. The molecule has 0 aliphatic carbocycles. The van der Waals surface area contributed by atoms with Gasteiger partial charge in [-0.25, -0.2) is 0 Å². The third kappa shape index (κ3) is 2.65. The maximum atomic E-state index is 12.5. The highest BCUT2D eigenvalue weighted by Crippen LogP contribution is 2.24. The molecule has 1 amide bonds. The molecule has 2 atom stereocenters. The Bertz CT molecular complexity index is 444. The molecule has 1 aliphatic heterocycles. The Kier molecular flexibility index (Phi) is 4.22. The van der Waals surface area contributed by atoms with E-state index in [4.69, 9.17) is 0 Å². The quantitative estimate of drug-likeness (QED) is 0.892. The van der Waals surface area contributed by atoms with E-state index in [0.717, 1.165) is 18.7 Å². The first kappa shape index (κ1) is 14.0. The maximum absolute atomic E-state index is 12.5. The predicted molar refractivity (Wildman–Crippen MR) is 76.3 cm³/mol. The van der Waals surface area contributed by atoms with Crippen LogP contribution in [0, 0.1) is 0 Å². The summed E-state index contributed by atoms with van der Waals surface area (Å²) < 4.78 is 0. The van der Waals surface area contributed by atoms with Gasteiger partial charge in [0, 0.05) is 18.3 Å². The molecule has 1 fully saturated rings. The van der Waals surface area contributed by atoms with Gasteiger partial charge in [-0.3, -0.25) is 9.69 Å². The molecule has 2 unspecified atom stereocenters. The molecule has 1 aromatic rings. The van der Waals surface area contributed by atoms with E-state index in [2.05, 4.69) is 19.1 Å². The molecule has 1 saturated heterocycles. The fourth-order valence-corrected chi connectivity index (χ4v) is 2.68. The Morgan fingerprint density at radius 1 is 1.32 bits per heavy atom. The van der Waals surface area contributed by atoms with Gasteiger partial charge in [0.05, 0.1) is 6.61 Å². The van der Waals surface area contributed by atoms with Crippen molar-refractivity contribution >= 4 is 11.6 Å². The molecule has 4 nitrogen and oxygen atoms in total. The van der Waals surface area contributed by atoms with Crippen molar-refractivity contribution in [2.24, 2.45) is 0 Å². The number of aryl methyl sites for hydroxylation is 1. The number of benzene rings is 1. The SMILES string of the molecule is CCc1ccc(N2C(=O)C(CO)N(C)CC2C)cc1. The molecular weight excluding hydrogens is 240 g/mol. The zero-order chi connectivity index (χ0) is 14.0. The van der Waals surface area contributed by atoms with Crippen LogP contribution in [0.2, 0.25) is 0 Å². The van der Waals surface area contributed by atoms with E-state index in [9.17, 15) is 9.90 Å². The molecule has 0 aromatic heterocycles. The van der Waals surface area contributed by atoms with Crippen LogP contribution < -0.4 is 4.90 Å². The van der Waals surface area contributed by atoms with Gasteiger partial charge in [0.2, 0.25) is 5.91 Å². The van der Waals surface area contributed by atoms with Gasteiger partial charge in [0.1, 0.15) is 6.04 Å². The molecule has 104 valence electrons. The van der Waals surface area contributed by atoms with Crippen molar-refractivity contribution in [2.75, 3.05) is 25.1 Å². The van der Waals surface area contributed by atoms with Gasteiger partial charge in [0.25, 0.3) is 0 Å². The second-order valence-electron chi connectivity index (χ2n) is 5.22. The van der Waals surface area contributed by atoms with Crippen molar-refractivity contribution in [3.05, 3.63) is 29.8 Å². The van der Waals surface area contributed by atoms with Crippen LogP contribution in [-0.4, -0.2) is 48.2 Å². The highest BCUT2D eigenvalue weighted by molar-refractivity contribution is 5.98. The van der Waals surface area contributed by atoms with E-state index >= 15 is 0 Å². The molecule has 0 bridgehead atoms. The Hall–Kier alpha value is -1.39. The largest absolute Gasteiger partial charge is 0.394 e. The van der Waals surface area contributed by atoms with Crippen LogP contribution in [0.25, 0.3) is 0 Å². The van der Waals surface area contributed by atoms with E-state index < -0.39 is 6.04 Å². The molecule has 0 spiro atoms. The number of nitrogens with zero attached hydrogens (tertiary/aromatic N) is 2. The summed E-state index contributed by atoms with van der Waals surface area (Å²) in [4.78, 5) is 16.2. The molecule has 1 aromatic carbocycles. The lowest BCUT2D eigenvalue weighted by molar-refractivity contribution is -0.127. The average Bonchev–Trinajstić information content (AvgIpc) is 2.39. The Labute approximate surface area is 114 Å². The molecule has 0 saturated carbocycles. The summed E-state index contributed by atoms with van der Waals surface area (Å²) in [6.45, 7) is 4.79. The smallest absolute Gasteiger partial charge is 0.247 e. The number of aliphatic hydroxyl groups is 1. The van der Waals surface area contributed by atoms with Gasteiger partial charge in [0.15, 0.2) is 0 Å². The highest BCUT2D eigenvalue weighted by Gasteiger charge is 2.36. The number of piperazine rings is 1. The summed E-state index contributed by atoms with van der Waals surface area (Å²) in [5.74, 6) is -0.0204. The second kappa shape index (κ2) is 5.72. The highest BCUT2D eigenvalue weighted by atomic mass is 16.3. The van der Waals surface area contributed by atoms with E-state index in [0.29, 0.717) is 0 Å². The van der Waals surface area contributed by atoms with Crippen molar-refractivity contribution in [3.63, 3.8) is 0 Å². The first-order valence-corrected chi connectivity index (χ1v) is 6.81.